The van der Waals surface area contributed by atoms with Gasteiger partial charge in [-0.1, -0.05) is 17.7 Å². The van der Waals surface area contributed by atoms with Crippen molar-refractivity contribution in [1.29, 1.82) is 0 Å². The van der Waals surface area contributed by atoms with E-state index >= 15 is 0 Å². The lowest BCUT2D eigenvalue weighted by Gasteiger charge is -2.28. The van der Waals surface area contributed by atoms with Gasteiger partial charge in [0.2, 0.25) is 0 Å². The van der Waals surface area contributed by atoms with E-state index in [1.54, 1.807) is 24.7 Å². The molecule has 0 aliphatic rings. The van der Waals surface area contributed by atoms with Gasteiger partial charge in [-0.15, -0.1) is 0 Å². The van der Waals surface area contributed by atoms with Crippen LogP contribution in [0.2, 0.25) is 5.02 Å². The molecular weight excluding hydrogens is 262 g/mol. The van der Waals surface area contributed by atoms with E-state index in [-0.39, 0.29) is 6.04 Å². The standard InChI is InChI=1S/C14H18ClN3O/c1-10(14(2,3)19)17-12-7-4-6-11(15)13(12)18-9-5-8-16-18/h4-10,17,19H,1-3H3. The zero-order valence-corrected chi connectivity index (χ0v) is 12.0. The number of para-hydroxylation sites is 1. The Labute approximate surface area is 118 Å². The zero-order valence-electron chi connectivity index (χ0n) is 11.3. The molecule has 4 nitrogen and oxygen atoms in total. The fraction of sp³-hybridized carbons (Fsp3) is 0.357. The number of anilines is 1. The lowest BCUT2D eigenvalue weighted by Crippen LogP contribution is -2.39. The molecule has 1 aromatic heterocycles. The first-order valence-corrected chi connectivity index (χ1v) is 6.55. The van der Waals surface area contributed by atoms with Crippen LogP contribution in [-0.2, 0) is 0 Å². The normalized spacial score (nSPS) is 13.3. The molecular formula is C14H18ClN3O. The van der Waals surface area contributed by atoms with Gasteiger partial charge in [0, 0.05) is 12.4 Å². The largest absolute Gasteiger partial charge is 0.388 e. The van der Waals surface area contributed by atoms with E-state index in [0.29, 0.717) is 5.02 Å². The summed E-state index contributed by atoms with van der Waals surface area (Å²) in [6.07, 6.45) is 3.54. The van der Waals surface area contributed by atoms with Crippen molar-refractivity contribution in [2.45, 2.75) is 32.4 Å². The van der Waals surface area contributed by atoms with E-state index in [1.807, 2.05) is 37.4 Å². The van der Waals surface area contributed by atoms with Gasteiger partial charge >= 0.3 is 0 Å². The molecule has 1 aromatic carbocycles. The molecule has 5 heteroatoms. The Balaban J connectivity index is 2.39. The number of nitrogens with one attached hydrogen (secondary N) is 1. The van der Waals surface area contributed by atoms with Crippen LogP contribution in [0.15, 0.2) is 36.7 Å². The molecule has 0 aliphatic carbocycles. The highest BCUT2D eigenvalue weighted by molar-refractivity contribution is 6.33. The number of aliphatic hydroxyl groups is 1. The SMILES string of the molecule is CC(Nc1cccc(Cl)c1-n1cccn1)C(C)(C)O. The summed E-state index contributed by atoms with van der Waals surface area (Å²) in [6.45, 7) is 5.46. The van der Waals surface area contributed by atoms with Crippen LogP contribution in [-0.4, -0.2) is 26.5 Å². The summed E-state index contributed by atoms with van der Waals surface area (Å²) in [5.74, 6) is 0. The summed E-state index contributed by atoms with van der Waals surface area (Å²) < 4.78 is 1.71. The van der Waals surface area contributed by atoms with Gasteiger partial charge in [-0.05, 0) is 39.0 Å². The molecule has 0 amide bonds. The average molecular weight is 280 g/mol. The number of halogens is 1. The Bertz CT molecular complexity index is 546. The third-order valence-corrected chi connectivity index (χ3v) is 3.46. The number of nitrogens with zero attached hydrogens (tertiary/aromatic N) is 2. The fourth-order valence-electron chi connectivity index (χ4n) is 1.68. The smallest absolute Gasteiger partial charge is 0.106 e. The van der Waals surface area contributed by atoms with E-state index in [0.717, 1.165) is 11.4 Å². The molecule has 2 N–H and O–H groups in total. The number of rotatable bonds is 4. The van der Waals surface area contributed by atoms with Crippen molar-refractivity contribution in [1.82, 2.24) is 9.78 Å². The Morgan fingerprint density at radius 1 is 1.37 bits per heavy atom. The minimum Gasteiger partial charge on any atom is -0.388 e. The maximum absolute atomic E-state index is 10.0. The van der Waals surface area contributed by atoms with E-state index < -0.39 is 5.60 Å². The summed E-state index contributed by atoms with van der Waals surface area (Å²) in [6, 6.07) is 7.32. The molecule has 0 aliphatic heterocycles. The second kappa shape index (κ2) is 5.23. The molecule has 19 heavy (non-hydrogen) atoms. The molecule has 0 fully saturated rings. The molecule has 102 valence electrons. The van der Waals surface area contributed by atoms with Crippen LogP contribution in [0, 0.1) is 0 Å². The monoisotopic (exact) mass is 279 g/mol. The number of aromatic nitrogens is 2. The molecule has 1 atom stereocenters. The molecule has 1 unspecified atom stereocenters. The molecule has 0 bridgehead atoms. The Kier molecular flexibility index (Phi) is 3.83. The molecule has 0 saturated carbocycles. The van der Waals surface area contributed by atoms with Gasteiger partial charge in [0.25, 0.3) is 0 Å². The van der Waals surface area contributed by atoms with E-state index in [9.17, 15) is 5.11 Å². The highest BCUT2D eigenvalue weighted by atomic mass is 35.5. The van der Waals surface area contributed by atoms with Gasteiger partial charge in [-0.3, -0.25) is 0 Å². The quantitative estimate of drug-likeness (QED) is 0.904. The van der Waals surface area contributed by atoms with Gasteiger partial charge in [0.1, 0.15) is 5.69 Å². The lowest BCUT2D eigenvalue weighted by molar-refractivity contribution is 0.0649. The highest BCUT2D eigenvalue weighted by Crippen LogP contribution is 2.29. The van der Waals surface area contributed by atoms with E-state index in [4.69, 9.17) is 11.6 Å². The van der Waals surface area contributed by atoms with E-state index in [2.05, 4.69) is 10.4 Å². The van der Waals surface area contributed by atoms with Crippen molar-refractivity contribution < 1.29 is 5.11 Å². The first-order valence-electron chi connectivity index (χ1n) is 6.17. The number of hydrogen-bond donors (Lipinski definition) is 2. The van der Waals surface area contributed by atoms with E-state index in [1.165, 1.54) is 0 Å². The van der Waals surface area contributed by atoms with Crippen molar-refractivity contribution in [3.8, 4) is 5.69 Å². The number of hydrogen-bond acceptors (Lipinski definition) is 3. The molecule has 2 rings (SSSR count). The minimum absolute atomic E-state index is 0.125. The third kappa shape index (κ3) is 3.08. The van der Waals surface area contributed by atoms with Gasteiger partial charge in [0.15, 0.2) is 0 Å². The van der Waals surface area contributed by atoms with Crippen LogP contribution >= 0.6 is 11.6 Å². The number of benzene rings is 1. The topological polar surface area (TPSA) is 50.1 Å². The lowest BCUT2D eigenvalue weighted by atomic mass is 10.0. The Morgan fingerprint density at radius 3 is 2.68 bits per heavy atom. The summed E-state index contributed by atoms with van der Waals surface area (Å²) in [5.41, 5.74) is 0.792. The molecule has 0 radical (unpaired) electrons. The predicted molar refractivity (Wildman–Crippen MR) is 78.0 cm³/mol. The van der Waals surface area contributed by atoms with Crippen molar-refractivity contribution >= 4 is 17.3 Å². The maximum atomic E-state index is 10.0. The second-order valence-electron chi connectivity index (χ2n) is 5.11. The van der Waals surface area contributed by atoms with Crippen LogP contribution in [0.1, 0.15) is 20.8 Å². The summed E-state index contributed by atoms with van der Waals surface area (Å²) in [5, 5.41) is 18.1. The second-order valence-corrected chi connectivity index (χ2v) is 5.51. The van der Waals surface area contributed by atoms with Crippen LogP contribution in [0.3, 0.4) is 0 Å². The minimum atomic E-state index is -0.830. The average Bonchev–Trinajstić information content (AvgIpc) is 2.81. The fourth-order valence-corrected chi connectivity index (χ4v) is 1.94. The van der Waals surface area contributed by atoms with Crippen molar-refractivity contribution in [2.24, 2.45) is 0 Å². The summed E-state index contributed by atoms with van der Waals surface area (Å²) in [4.78, 5) is 0. The van der Waals surface area contributed by atoms with Crippen LogP contribution in [0.4, 0.5) is 5.69 Å². The van der Waals surface area contributed by atoms with Gasteiger partial charge < -0.3 is 10.4 Å². The Morgan fingerprint density at radius 2 is 2.11 bits per heavy atom. The van der Waals surface area contributed by atoms with Gasteiger partial charge in [-0.2, -0.15) is 5.10 Å². The van der Waals surface area contributed by atoms with Crippen molar-refractivity contribution in [3.05, 3.63) is 41.7 Å². The predicted octanol–water partition coefficient (Wildman–Crippen LogP) is 3.10. The maximum Gasteiger partial charge on any atom is 0.106 e. The summed E-state index contributed by atoms with van der Waals surface area (Å²) in [7, 11) is 0. The van der Waals surface area contributed by atoms with Crippen LogP contribution in [0.5, 0.6) is 0 Å². The summed E-state index contributed by atoms with van der Waals surface area (Å²) >= 11 is 6.26. The molecule has 1 heterocycles. The Hall–Kier alpha value is -1.52. The van der Waals surface area contributed by atoms with Crippen molar-refractivity contribution in [2.75, 3.05) is 5.32 Å². The first kappa shape index (κ1) is 13.9. The van der Waals surface area contributed by atoms with Gasteiger partial charge in [-0.25, -0.2) is 4.68 Å². The zero-order chi connectivity index (χ0) is 14.0. The van der Waals surface area contributed by atoms with Crippen molar-refractivity contribution in [3.63, 3.8) is 0 Å². The van der Waals surface area contributed by atoms with Crippen LogP contribution in [0.25, 0.3) is 5.69 Å². The molecule has 0 spiro atoms. The van der Waals surface area contributed by atoms with Gasteiger partial charge in [0.05, 0.1) is 22.4 Å². The molecule has 0 saturated heterocycles. The highest BCUT2D eigenvalue weighted by Gasteiger charge is 2.23. The third-order valence-electron chi connectivity index (χ3n) is 3.15. The molecule has 2 aromatic rings. The first-order chi connectivity index (χ1) is 8.89. The van der Waals surface area contributed by atoms with Crippen LogP contribution < -0.4 is 5.32 Å².